The third-order valence-corrected chi connectivity index (χ3v) is 3.02. The summed E-state index contributed by atoms with van der Waals surface area (Å²) in [4.78, 5) is 0. The first-order valence-electron chi connectivity index (χ1n) is 5.81. The van der Waals surface area contributed by atoms with E-state index < -0.39 is 0 Å². The summed E-state index contributed by atoms with van der Waals surface area (Å²) in [6.07, 6.45) is 2.06. The smallest absolute Gasteiger partial charge is 0.0466 e. The molecule has 0 aliphatic rings. The van der Waals surface area contributed by atoms with Gasteiger partial charge in [0.25, 0.3) is 0 Å². The van der Waals surface area contributed by atoms with Crippen LogP contribution in [0, 0.1) is 0 Å². The van der Waals surface area contributed by atoms with Crippen molar-refractivity contribution in [2.75, 3.05) is 19.8 Å². The maximum absolute atomic E-state index is 6.15. The van der Waals surface area contributed by atoms with Crippen molar-refractivity contribution in [2.24, 2.45) is 5.73 Å². The topological polar surface area (TPSA) is 35.2 Å². The van der Waals surface area contributed by atoms with Crippen molar-refractivity contribution in [3.8, 4) is 0 Å². The Hall–Kier alpha value is -0.570. The summed E-state index contributed by atoms with van der Waals surface area (Å²) >= 11 is 6.15. The van der Waals surface area contributed by atoms with Crippen molar-refractivity contribution in [1.82, 2.24) is 0 Å². The van der Waals surface area contributed by atoms with Crippen LogP contribution in [0.1, 0.15) is 31.2 Å². The Balaban J connectivity index is 2.51. The molecule has 0 aliphatic heterocycles. The van der Waals surface area contributed by atoms with E-state index in [-0.39, 0.29) is 0 Å². The van der Waals surface area contributed by atoms with Gasteiger partial charge in [-0.2, -0.15) is 0 Å². The van der Waals surface area contributed by atoms with Crippen LogP contribution in [-0.2, 0) is 4.74 Å². The van der Waals surface area contributed by atoms with E-state index in [1.165, 1.54) is 0 Å². The van der Waals surface area contributed by atoms with Crippen LogP contribution in [0.3, 0.4) is 0 Å². The fourth-order valence-electron chi connectivity index (χ4n) is 1.78. The van der Waals surface area contributed by atoms with Gasteiger partial charge in [-0.25, -0.2) is 0 Å². The molecular formula is C13H20ClNO. The van der Waals surface area contributed by atoms with Gasteiger partial charge in [-0.15, -0.1) is 0 Å². The highest BCUT2D eigenvalue weighted by Gasteiger charge is 2.12. The van der Waals surface area contributed by atoms with Crippen molar-refractivity contribution in [3.63, 3.8) is 0 Å². The second kappa shape index (κ2) is 7.66. The van der Waals surface area contributed by atoms with Crippen molar-refractivity contribution in [2.45, 2.75) is 25.7 Å². The van der Waals surface area contributed by atoms with Gasteiger partial charge in [-0.05, 0) is 43.9 Å². The maximum Gasteiger partial charge on any atom is 0.0466 e. The van der Waals surface area contributed by atoms with Gasteiger partial charge >= 0.3 is 0 Å². The van der Waals surface area contributed by atoms with E-state index in [4.69, 9.17) is 22.1 Å². The molecule has 0 amide bonds. The average molecular weight is 242 g/mol. The summed E-state index contributed by atoms with van der Waals surface area (Å²) in [7, 11) is 0. The number of hydrogen-bond donors (Lipinski definition) is 1. The Morgan fingerprint density at radius 1 is 1.38 bits per heavy atom. The fourth-order valence-corrected chi connectivity index (χ4v) is 2.07. The number of rotatable bonds is 7. The molecule has 0 radical (unpaired) electrons. The minimum Gasteiger partial charge on any atom is -0.382 e. The largest absolute Gasteiger partial charge is 0.382 e. The van der Waals surface area contributed by atoms with Crippen LogP contribution >= 0.6 is 11.6 Å². The van der Waals surface area contributed by atoms with Crippen LogP contribution in [0.2, 0.25) is 5.02 Å². The quantitative estimate of drug-likeness (QED) is 0.744. The highest BCUT2D eigenvalue weighted by atomic mass is 35.5. The fraction of sp³-hybridized carbons (Fsp3) is 0.538. The third-order valence-electron chi connectivity index (χ3n) is 2.67. The zero-order valence-electron chi connectivity index (χ0n) is 9.79. The molecule has 2 nitrogen and oxygen atoms in total. The van der Waals surface area contributed by atoms with Gasteiger partial charge in [-0.3, -0.25) is 0 Å². The van der Waals surface area contributed by atoms with Crippen LogP contribution in [0.15, 0.2) is 24.3 Å². The molecule has 0 spiro atoms. The first-order valence-corrected chi connectivity index (χ1v) is 6.19. The van der Waals surface area contributed by atoms with Gasteiger partial charge in [0, 0.05) is 18.2 Å². The second-order valence-corrected chi connectivity index (χ2v) is 4.20. The average Bonchev–Trinajstić information content (AvgIpc) is 2.31. The van der Waals surface area contributed by atoms with Crippen molar-refractivity contribution >= 4 is 11.6 Å². The lowest BCUT2D eigenvalue weighted by atomic mass is 9.94. The number of nitrogens with two attached hydrogens (primary N) is 1. The normalized spacial score (nSPS) is 12.7. The Kier molecular flexibility index (Phi) is 6.46. The van der Waals surface area contributed by atoms with Crippen molar-refractivity contribution in [3.05, 3.63) is 34.9 Å². The van der Waals surface area contributed by atoms with E-state index in [1.54, 1.807) is 0 Å². The molecule has 1 unspecified atom stereocenters. The van der Waals surface area contributed by atoms with Gasteiger partial charge in [0.15, 0.2) is 0 Å². The summed E-state index contributed by atoms with van der Waals surface area (Å²) in [6, 6.07) is 7.93. The van der Waals surface area contributed by atoms with Crippen LogP contribution < -0.4 is 5.73 Å². The molecule has 0 saturated heterocycles. The minimum absolute atomic E-state index is 0.342. The molecule has 0 fully saturated rings. The predicted molar refractivity (Wildman–Crippen MR) is 69.0 cm³/mol. The molecule has 0 bridgehead atoms. The highest BCUT2D eigenvalue weighted by Crippen LogP contribution is 2.26. The number of hydrogen-bond acceptors (Lipinski definition) is 2. The lowest BCUT2D eigenvalue weighted by Crippen LogP contribution is -2.13. The molecule has 1 rings (SSSR count). The molecule has 0 aliphatic carbocycles. The summed E-state index contributed by atoms with van der Waals surface area (Å²) in [5.41, 5.74) is 6.94. The SMILES string of the molecule is CCOCCCC(CN)c1ccccc1Cl. The first kappa shape index (κ1) is 13.5. The maximum atomic E-state index is 6.15. The molecule has 1 atom stereocenters. The standard InChI is InChI=1S/C13H20ClNO/c1-2-16-9-5-6-11(10-15)12-7-3-4-8-13(12)14/h3-4,7-8,11H,2,5-6,9-10,15H2,1H3. The molecule has 16 heavy (non-hydrogen) atoms. The van der Waals surface area contributed by atoms with Gasteiger partial charge in [0.2, 0.25) is 0 Å². The Morgan fingerprint density at radius 3 is 2.75 bits per heavy atom. The number of ether oxygens (including phenoxy) is 1. The molecule has 0 aromatic heterocycles. The predicted octanol–water partition coefficient (Wildman–Crippen LogP) is 3.20. The molecular weight excluding hydrogens is 222 g/mol. The van der Waals surface area contributed by atoms with Crippen LogP contribution in [-0.4, -0.2) is 19.8 Å². The van der Waals surface area contributed by atoms with E-state index in [0.717, 1.165) is 36.6 Å². The summed E-state index contributed by atoms with van der Waals surface area (Å²) in [5.74, 6) is 0.342. The molecule has 90 valence electrons. The Bertz CT molecular complexity index is 304. The van der Waals surface area contributed by atoms with Gasteiger partial charge < -0.3 is 10.5 Å². The zero-order valence-corrected chi connectivity index (χ0v) is 10.5. The Morgan fingerprint density at radius 2 is 2.12 bits per heavy atom. The van der Waals surface area contributed by atoms with Gasteiger partial charge in [0.05, 0.1) is 0 Å². The van der Waals surface area contributed by atoms with E-state index in [1.807, 2.05) is 25.1 Å². The van der Waals surface area contributed by atoms with Crippen LogP contribution in [0.4, 0.5) is 0 Å². The third kappa shape index (κ3) is 4.12. The van der Waals surface area contributed by atoms with Gasteiger partial charge in [0.1, 0.15) is 0 Å². The van der Waals surface area contributed by atoms with E-state index in [2.05, 4.69) is 6.07 Å². The number of halogens is 1. The summed E-state index contributed by atoms with van der Waals surface area (Å²) < 4.78 is 5.32. The molecule has 3 heteroatoms. The molecule has 1 aromatic carbocycles. The first-order chi connectivity index (χ1) is 7.79. The highest BCUT2D eigenvalue weighted by molar-refractivity contribution is 6.31. The van der Waals surface area contributed by atoms with Crippen LogP contribution in [0.5, 0.6) is 0 Å². The summed E-state index contributed by atoms with van der Waals surface area (Å²) in [6.45, 7) is 4.22. The second-order valence-electron chi connectivity index (χ2n) is 3.79. The molecule has 1 aromatic rings. The molecule has 0 saturated carbocycles. The van der Waals surface area contributed by atoms with E-state index in [9.17, 15) is 0 Å². The monoisotopic (exact) mass is 241 g/mol. The molecule has 2 N–H and O–H groups in total. The minimum atomic E-state index is 0.342. The van der Waals surface area contributed by atoms with E-state index >= 15 is 0 Å². The zero-order chi connectivity index (χ0) is 11.8. The number of benzene rings is 1. The lowest BCUT2D eigenvalue weighted by Gasteiger charge is -2.16. The lowest BCUT2D eigenvalue weighted by molar-refractivity contribution is 0.142. The van der Waals surface area contributed by atoms with Gasteiger partial charge in [-0.1, -0.05) is 29.8 Å². The summed E-state index contributed by atoms with van der Waals surface area (Å²) in [5, 5.41) is 0.814. The van der Waals surface area contributed by atoms with Crippen LogP contribution in [0.25, 0.3) is 0 Å². The van der Waals surface area contributed by atoms with Crippen molar-refractivity contribution in [1.29, 1.82) is 0 Å². The molecule has 0 heterocycles. The Labute approximate surface area is 103 Å². The van der Waals surface area contributed by atoms with Crippen molar-refractivity contribution < 1.29 is 4.74 Å². The van der Waals surface area contributed by atoms with E-state index in [0.29, 0.717) is 12.5 Å².